The molecule has 1 N–H and O–H groups in total. The van der Waals surface area contributed by atoms with Crippen molar-refractivity contribution >= 4 is 0 Å². The van der Waals surface area contributed by atoms with Gasteiger partial charge >= 0.3 is 0 Å². The zero-order chi connectivity index (χ0) is 13.7. The smallest absolute Gasteiger partial charge is 0.0325 e. The number of hydrogen-bond acceptors (Lipinski definition) is 1. The van der Waals surface area contributed by atoms with Gasteiger partial charge in [0.2, 0.25) is 0 Å². The summed E-state index contributed by atoms with van der Waals surface area (Å²) in [6.07, 6.45) is 2.51. The first-order chi connectivity index (χ1) is 8.45. The van der Waals surface area contributed by atoms with Crippen molar-refractivity contribution in [3.8, 4) is 0 Å². The van der Waals surface area contributed by atoms with Crippen LogP contribution in [0, 0.1) is 26.7 Å². The fraction of sp³-hybridized carbons (Fsp3) is 0.647. The highest BCUT2D eigenvalue weighted by Crippen LogP contribution is 2.28. The monoisotopic (exact) mass is 247 g/mol. The molecule has 0 saturated carbocycles. The quantitative estimate of drug-likeness (QED) is 0.768. The predicted molar refractivity (Wildman–Crippen MR) is 81.1 cm³/mol. The number of hydrogen-bond donors (Lipinski definition) is 1. The topological polar surface area (TPSA) is 12.0 Å². The largest absolute Gasteiger partial charge is 0.310 e. The third-order valence-corrected chi connectivity index (χ3v) is 3.57. The van der Waals surface area contributed by atoms with Crippen LogP contribution in [-0.4, -0.2) is 6.54 Å². The van der Waals surface area contributed by atoms with Crippen molar-refractivity contribution in [3.63, 3.8) is 0 Å². The van der Waals surface area contributed by atoms with E-state index in [1.807, 2.05) is 0 Å². The molecule has 0 aliphatic rings. The Morgan fingerprint density at radius 1 is 1.00 bits per heavy atom. The minimum absolute atomic E-state index is 0.512. The van der Waals surface area contributed by atoms with Crippen LogP contribution in [0.5, 0.6) is 0 Å². The molecule has 0 aliphatic heterocycles. The molecule has 1 atom stereocenters. The second-order valence-corrected chi connectivity index (χ2v) is 5.89. The summed E-state index contributed by atoms with van der Waals surface area (Å²) in [5.74, 6) is 0.775. The summed E-state index contributed by atoms with van der Waals surface area (Å²) in [5, 5.41) is 3.66. The third-order valence-electron chi connectivity index (χ3n) is 3.57. The van der Waals surface area contributed by atoms with E-state index in [4.69, 9.17) is 0 Å². The average molecular weight is 247 g/mol. The van der Waals surface area contributed by atoms with Gasteiger partial charge in [0.25, 0.3) is 0 Å². The summed E-state index contributed by atoms with van der Waals surface area (Å²) in [7, 11) is 0. The molecule has 102 valence electrons. The zero-order valence-electron chi connectivity index (χ0n) is 12.9. The second-order valence-electron chi connectivity index (χ2n) is 5.89. The van der Waals surface area contributed by atoms with Gasteiger partial charge in [0.05, 0.1) is 0 Å². The Hall–Kier alpha value is -0.820. The lowest BCUT2D eigenvalue weighted by Crippen LogP contribution is -2.23. The fourth-order valence-electron chi connectivity index (χ4n) is 2.84. The van der Waals surface area contributed by atoms with E-state index in [1.165, 1.54) is 35.1 Å². The Labute approximate surface area is 113 Å². The lowest BCUT2D eigenvalue weighted by atomic mass is 9.90. The normalized spacial score (nSPS) is 13.1. The van der Waals surface area contributed by atoms with Crippen molar-refractivity contribution in [2.24, 2.45) is 5.92 Å². The Morgan fingerprint density at radius 2 is 1.56 bits per heavy atom. The molecule has 0 bridgehead atoms. The summed E-state index contributed by atoms with van der Waals surface area (Å²) in [5.41, 5.74) is 5.75. The van der Waals surface area contributed by atoms with Crippen LogP contribution >= 0.6 is 0 Å². The fourth-order valence-corrected chi connectivity index (χ4v) is 2.84. The molecule has 0 heterocycles. The number of aryl methyl sites for hydroxylation is 3. The molecule has 1 nitrogen and oxygen atoms in total. The lowest BCUT2D eigenvalue weighted by molar-refractivity contribution is 0.446. The van der Waals surface area contributed by atoms with E-state index in [1.54, 1.807) is 0 Å². The van der Waals surface area contributed by atoms with Gasteiger partial charge in [0.15, 0.2) is 0 Å². The molecule has 0 fully saturated rings. The van der Waals surface area contributed by atoms with Crippen molar-refractivity contribution in [3.05, 3.63) is 34.4 Å². The minimum Gasteiger partial charge on any atom is -0.310 e. The molecule has 1 aromatic carbocycles. The zero-order valence-corrected chi connectivity index (χ0v) is 12.9. The summed E-state index contributed by atoms with van der Waals surface area (Å²) in [6.45, 7) is 14.5. The maximum absolute atomic E-state index is 3.66. The molecule has 0 spiro atoms. The van der Waals surface area contributed by atoms with Gasteiger partial charge in [-0.05, 0) is 62.8 Å². The van der Waals surface area contributed by atoms with E-state index in [-0.39, 0.29) is 0 Å². The number of benzene rings is 1. The van der Waals surface area contributed by atoms with Crippen molar-refractivity contribution < 1.29 is 0 Å². The minimum atomic E-state index is 0.512. The molecule has 1 rings (SSSR count). The van der Waals surface area contributed by atoms with E-state index in [0.717, 1.165) is 12.5 Å². The van der Waals surface area contributed by atoms with E-state index in [9.17, 15) is 0 Å². The van der Waals surface area contributed by atoms with E-state index in [2.05, 4.69) is 59.0 Å². The number of nitrogens with one attached hydrogen (secondary N) is 1. The van der Waals surface area contributed by atoms with Crippen LogP contribution < -0.4 is 5.32 Å². The van der Waals surface area contributed by atoms with E-state index in [0.29, 0.717) is 6.04 Å². The highest BCUT2D eigenvalue weighted by molar-refractivity contribution is 5.39. The van der Waals surface area contributed by atoms with Crippen LogP contribution in [-0.2, 0) is 0 Å². The van der Waals surface area contributed by atoms with Gasteiger partial charge in [-0.25, -0.2) is 0 Å². The van der Waals surface area contributed by atoms with Gasteiger partial charge in [0.1, 0.15) is 0 Å². The third kappa shape index (κ3) is 4.13. The van der Waals surface area contributed by atoms with Gasteiger partial charge in [-0.3, -0.25) is 0 Å². The van der Waals surface area contributed by atoms with E-state index >= 15 is 0 Å². The van der Waals surface area contributed by atoms with Crippen LogP contribution in [0.15, 0.2) is 12.1 Å². The summed E-state index contributed by atoms with van der Waals surface area (Å²) >= 11 is 0. The van der Waals surface area contributed by atoms with Crippen molar-refractivity contribution in [1.82, 2.24) is 5.32 Å². The van der Waals surface area contributed by atoms with Crippen molar-refractivity contribution in [2.45, 2.75) is 60.4 Å². The van der Waals surface area contributed by atoms with Crippen LogP contribution in [0.3, 0.4) is 0 Å². The molecular weight excluding hydrogens is 218 g/mol. The lowest BCUT2D eigenvalue weighted by Gasteiger charge is -2.24. The highest BCUT2D eigenvalue weighted by Gasteiger charge is 2.15. The molecule has 0 radical (unpaired) electrons. The summed E-state index contributed by atoms with van der Waals surface area (Å²) in [6, 6.07) is 5.13. The Kier molecular flexibility index (Phi) is 5.87. The summed E-state index contributed by atoms with van der Waals surface area (Å²) in [4.78, 5) is 0. The van der Waals surface area contributed by atoms with Crippen LogP contribution in [0.2, 0.25) is 0 Å². The van der Waals surface area contributed by atoms with Gasteiger partial charge in [-0.2, -0.15) is 0 Å². The van der Waals surface area contributed by atoms with Gasteiger partial charge < -0.3 is 5.32 Å². The molecule has 18 heavy (non-hydrogen) atoms. The first kappa shape index (κ1) is 15.2. The van der Waals surface area contributed by atoms with Gasteiger partial charge in [0, 0.05) is 6.04 Å². The maximum atomic E-state index is 3.66. The predicted octanol–water partition coefficient (Wildman–Crippen LogP) is 4.70. The van der Waals surface area contributed by atoms with Crippen molar-refractivity contribution in [2.75, 3.05) is 6.54 Å². The van der Waals surface area contributed by atoms with Gasteiger partial charge in [-0.15, -0.1) is 0 Å². The molecule has 0 aliphatic carbocycles. The standard InChI is InChI=1S/C17H29N/c1-7-18-16(9-8-12(2)3)17-14(5)10-13(4)11-15(17)6/h10-12,16,18H,7-9H2,1-6H3. The van der Waals surface area contributed by atoms with Crippen LogP contribution in [0.1, 0.15) is 61.9 Å². The molecule has 0 amide bonds. The van der Waals surface area contributed by atoms with Crippen LogP contribution in [0.4, 0.5) is 0 Å². The Morgan fingerprint density at radius 3 is 2.00 bits per heavy atom. The Balaban J connectivity index is 2.97. The molecule has 0 saturated heterocycles. The second kappa shape index (κ2) is 6.94. The molecule has 1 unspecified atom stereocenters. The maximum Gasteiger partial charge on any atom is 0.0325 e. The Bertz CT molecular complexity index is 356. The van der Waals surface area contributed by atoms with Gasteiger partial charge in [-0.1, -0.05) is 38.5 Å². The van der Waals surface area contributed by atoms with Crippen molar-refractivity contribution in [1.29, 1.82) is 0 Å². The van der Waals surface area contributed by atoms with E-state index < -0.39 is 0 Å². The molecular formula is C17H29N. The molecule has 1 heteroatoms. The van der Waals surface area contributed by atoms with Crippen LogP contribution in [0.25, 0.3) is 0 Å². The SMILES string of the molecule is CCNC(CCC(C)C)c1c(C)cc(C)cc1C. The highest BCUT2D eigenvalue weighted by atomic mass is 14.9. The first-order valence-electron chi connectivity index (χ1n) is 7.26. The summed E-state index contributed by atoms with van der Waals surface area (Å²) < 4.78 is 0. The molecule has 0 aromatic heterocycles. The molecule has 1 aromatic rings. The first-order valence-corrected chi connectivity index (χ1v) is 7.26. The number of rotatable bonds is 6. The average Bonchev–Trinajstić information content (AvgIpc) is 2.24.